The molecule has 0 aliphatic carbocycles. The van der Waals surface area contributed by atoms with Gasteiger partial charge in [-0.3, -0.25) is 0 Å². The Morgan fingerprint density at radius 3 is 2.64 bits per heavy atom. The molecule has 1 fully saturated rings. The summed E-state index contributed by atoms with van der Waals surface area (Å²) in [7, 11) is 0. The van der Waals surface area contributed by atoms with Crippen LogP contribution in [0.4, 0.5) is 19.0 Å². The van der Waals surface area contributed by atoms with Crippen molar-refractivity contribution in [3.8, 4) is 0 Å². The van der Waals surface area contributed by atoms with Crippen LogP contribution in [0.5, 0.6) is 0 Å². The highest BCUT2D eigenvalue weighted by molar-refractivity contribution is 5.94. The van der Waals surface area contributed by atoms with Crippen molar-refractivity contribution in [2.45, 2.75) is 25.6 Å². The molecule has 2 aromatic rings. The number of carbonyl (C=O) groups excluding carboxylic acids is 1. The summed E-state index contributed by atoms with van der Waals surface area (Å²) in [6.45, 7) is 1.42. The molecule has 1 aliphatic heterocycles. The topological polar surface area (TPSA) is 42.4 Å². The van der Waals surface area contributed by atoms with Crippen LogP contribution >= 0.6 is 0 Å². The molecule has 3 rings (SSSR count). The number of hydrogen-bond acceptors (Lipinski definition) is 4. The maximum absolute atomic E-state index is 12.7. The number of carbonyl (C=O) groups is 1. The lowest BCUT2D eigenvalue weighted by Gasteiger charge is -2.19. The van der Waals surface area contributed by atoms with E-state index < -0.39 is 17.7 Å². The summed E-state index contributed by atoms with van der Waals surface area (Å²) >= 11 is 0. The lowest BCUT2D eigenvalue weighted by atomic mass is 10.1. The largest absolute Gasteiger partial charge is 0.457 e. The van der Waals surface area contributed by atoms with Crippen LogP contribution in [0.1, 0.15) is 34.3 Å². The summed E-state index contributed by atoms with van der Waals surface area (Å²) in [5.74, 6) is -0.0264. The smallest absolute Gasteiger partial charge is 0.416 e. The summed E-state index contributed by atoms with van der Waals surface area (Å²) in [5, 5.41) is 0. The first-order valence-corrected chi connectivity index (χ1v) is 7.98. The van der Waals surface area contributed by atoms with E-state index in [4.69, 9.17) is 4.74 Å². The monoisotopic (exact) mass is 350 g/mol. The van der Waals surface area contributed by atoms with Crippen molar-refractivity contribution < 1.29 is 22.7 Å². The molecule has 0 amide bonds. The number of alkyl halides is 3. The van der Waals surface area contributed by atoms with E-state index in [1.54, 1.807) is 18.3 Å². The number of nitrogens with zero attached hydrogens (tertiary/aromatic N) is 2. The third kappa shape index (κ3) is 4.10. The van der Waals surface area contributed by atoms with Crippen LogP contribution in [0.15, 0.2) is 42.6 Å². The van der Waals surface area contributed by atoms with Crippen LogP contribution in [0, 0.1) is 0 Å². The number of aromatic nitrogens is 1. The van der Waals surface area contributed by atoms with E-state index in [0.29, 0.717) is 11.4 Å². The fourth-order valence-electron chi connectivity index (χ4n) is 2.80. The maximum Gasteiger partial charge on any atom is 0.416 e. The first-order valence-electron chi connectivity index (χ1n) is 7.98. The number of esters is 1. The van der Waals surface area contributed by atoms with Crippen LogP contribution in [0.2, 0.25) is 0 Å². The van der Waals surface area contributed by atoms with Crippen molar-refractivity contribution in [1.82, 2.24) is 4.98 Å². The van der Waals surface area contributed by atoms with Crippen molar-refractivity contribution >= 4 is 11.8 Å². The summed E-state index contributed by atoms with van der Waals surface area (Å²) < 4.78 is 43.4. The zero-order valence-electron chi connectivity index (χ0n) is 13.4. The Morgan fingerprint density at radius 2 is 1.92 bits per heavy atom. The molecule has 2 heterocycles. The van der Waals surface area contributed by atoms with E-state index in [-0.39, 0.29) is 12.2 Å². The molecule has 0 unspecified atom stereocenters. The highest BCUT2D eigenvalue weighted by Gasteiger charge is 2.30. The average Bonchev–Trinajstić information content (AvgIpc) is 3.14. The Kier molecular flexibility index (Phi) is 4.92. The molecule has 0 N–H and O–H groups in total. The van der Waals surface area contributed by atoms with Gasteiger partial charge in [0.15, 0.2) is 0 Å². The minimum atomic E-state index is -4.42. The Hall–Kier alpha value is -2.57. The molecule has 0 radical (unpaired) electrons. The average molecular weight is 350 g/mol. The standard InChI is InChI=1S/C18H17F3N2O2/c19-18(20,21)14-6-3-5-13(11-14)12-25-17(24)15-7-4-8-22-16(15)23-9-1-2-10-23/h3-8,11H,1-2,9-10,12H2. The van der Waals surface area contributed by atoms with Gasteiger partial charge in [-0.2, -0.15) is 13.2 Å². The normalized spacial score (nSPS) is 14.6. The van der Waals surface area contributed by atoms with E-state index in [2.05, 4.69) is 4.98 Å². The van der Waals surface area contributed by atoms with Crippen molar-refractivity contribution in [3.05, 3.63) is 59.3 Å². The number of hydrogen-bond donors (Lipinski definition) is 0. The van der Waals surface area contributed by atoms with E-state index >= 15 is 0 Å². The fourth-order valence-corrected chi connectivity index (χ4v) is 2.80. The van der Waals surface area contributed by atoms with Gasteiger partial charge in [0.25, 0.3) is 0 Å². The van der Waals surface area contributed by atoms with Crippen LogP contribution in [-0.4, -0.2) is 24.0 Å². The second-order valence-corrected chi connectivity index (χ2v) is 5.84. The van der Waals surface area contributed by atoms with Gasteiger partial charge < -0.3 is 9.64 Å². The molecule has 1 aliphatic rings. The molecule has 7 heteroatoms. The molecule has 1 aromatic carbocycles. The van der Waals surface area contributed by atoms with Gasteiger partial charge >= 0.3 is 12.1 Å². The Labute approximate surface area is 143 Å². The van der Waals surface area contributed by atoms with Gasteiger partial charge in [0.05, 0.1) is 5.56 Å². The Bertz CT molecular complexity index is 756. The zero-order valence-corrected chi connectivity index (χ0v) is 13.4. The second-order valence-electron chi connectivity index (χ2n) is 5.84. The predicted molar refractivity (Wildman–Crippen MR) is 86.2 cm³/mol. The molecule has 0 spiro atoms. The van der Waals surface area contributed by atoms with Gasteiger partial charge in [-0.15, -0.1) is 0 Å². The number of halogens is 3. The van der Waals surface area contributed by atoms with Gasteiger partial charge in [0, 0.05) is 19.3 Å². The number of ether oxygens (including phenoxy) is 1. The minimum absolute atomic E-state index is 0.225. The van der Waals surface area contributed by atoms with Gasteiger partial charge in [-0.25, -0.2) is 9.78 Å². The predicted octanol–water partition coefficient (Wildman–Crippen LogP) is 4.06. The highest BCUT2D eigenvalue weighted by atomic mass is 19.4. The number of rotatable bonds is 4. The second kappa shape index (κ2) is 7.13. The quantitative estimate of drug-likeness (QED) is 0.780. The van der Waals surface area contributed by atoms with E-state index in [9.17, 15) is 18.0 Å². The number of anilines is 1. The summed E-state index contributed by atoms with van der Waals surface area (Å²) in [6, 6.07) is 8.02. The Balaban J connectivity index is 1.71. The molecular formula is C18H17F3N2O2. The van der Waals surface area contributed by atoms with E-state index in [1.165, 1.54) is 12.1 Å². The minimum Gasteiger partial charge on any atom is -0.457 e. The summed E-state index contributed by atoms with van der Waals surface area (Å²) in [4.78, 5) is 18.6. The van der Waals surface area contributed by atoms with Crippen molar-refractivity contribution in [2.75, 3.05) is 18.0 Å². The van der Waals surface area contributed by atoms with E-state index in [1.807, 2.05) is 4.90 Å². The molecule has 132 valence electrons. The molecule has 0 bridgehead atoms. The maximum atomic E-state index is 12.7. The van der Waals surface area contributed by atoms with Gasteiger partial charge in [-0.1, -0.05) is 12.1 Å². The summed E-state index contributed by atoms with van der Waals surface area (Å²) in [5.41, 5.74) is -0.147. The van der Waals surface area contributed by atoms with Gasteiger partial charge in [-0.05, 0) is 42.7 Å². The molecule has 0 saturated carbocycles. The third-order valence-corrected chi connectivity index (χ3v) is 4.04. The summed E-state index contributed by atoms with van der Waals surface area (Å²) in [6.07, 6.45) is -0.742. The SMILES string of the molecule is O=C(OCc1cccc(C(F)(F)F)c1)c1cccnc1N1CCCC1. The van der Waals surface area contributed by atoms with E-state index in [0.717, 1.165) is 38.1 Å². The van der Waals surface area contributed by atoms with Crippen LogP contribution in [0.3, 0.4) is 0 Å². The van der Waals surface area contributed by atoms with Gasteiger partial charge in [0.2, 0.25) is 0 Å². The fraction of sp³-hybridized carbons (Fsp3) is 0.333. The molecule has 0 atom stereocenters. The molecule has 1 saturated heterocycles. The number of pyridine rings is 1. The zero-order chi connectivity index (χ0) is 17.9. The molecule has 25 heavy (non-hydrogen) atoms. The van der Waals surface area contributed by atoms with Crippen LogP contribution in [-0.2, 0) is 17.5 Å². The van der Waals surface area contributed by atoms with Crippen LogP contribution in [0.25, 0.3) is 0 Å². The van der Waals surface area contributed by atoms with Crippen molar-refractivity contribution in [2.24, 2.45) is 0 Å². The molecular weight excluding hydrogens is 333 g/mol. The lowest BCUT2D eigenvalue weighted by Crippen LogP contribution is -2.22. The Morgan fingerprint density at radius 1 is 1.16 bits per heavy atom. The van der Waals surface area contributed by atoms with Crippen molar-refractivity contribution in [3.63, 3.8) is 0 Å². The number of benzene rings is 1. The van der Waals surface area contributed by atoms with Crippen molar-refractivity contribution in [1.29, 1.82) is 0 Å². The first kappa shape index (κ1) is 17.3. The van der Waals surface area contributed by atoms with Crippen LogP contribution < -0.4 is 4.90 Å². The first-order chi connectivity index (χ1) is 11.9. The molecule has 1 aromatic heterocycles. The lowest BCUT2D eigenvalue weighted by molar-refractivity contribution is -0.137. The highest BCUT2D eigenvalue weighted by Crippen LogP contribution is 2.30. The van der Waals surface area contributed by atoms with Gasteiger partial charge in [0.1, 0.15) is 18.0 Å². The third-order valence-electron chi connectivity index (χ3n) is 4.04. The molecule has 4 nitrogen and oxygen atoms in total.